The Hall–Kier alpha value is -4.83. The van der Waals surface area contributed by atoms with Gasteiger partial charge in [0.1, 0.15) is 5.58 Å². The lowest BCUT2D eigenvalue weighted by atomic mass is 10.0. The number of para-hydroxylation sites is 1. The van der Waals surface area contributed by atoms with Crippen LogP contribution in [-0.2, 0) is 0 Å². The molecule has 0 spiro atoms. The fourth-order valence-electron chi connectivity index (χ4n) is 5.28. The van der Waals surface area contributed by atoms with Crippen molar-refractivity contribution in [1.29, 1.82) is 0 Å². The number of hydrogen-bond acceptors (Lipinski definition) is 4. The highest BCUT2D eigenvalue weighted by molar-refractivity contribution is 5.99. The van der Waals surface area contributed by atoms with Crippen molar-refractivity contribution in [2.45, 2.75) is 13.8 Å². The van der Waals surface area contributed by atoms with Gasteiger partial charge in [-0.05, 0) is 73.3 Å². The van der Waals surface area contributed by atoms with E-state index in [9.17, 15) is 4.79 Å². The minimum Gasteiger partial charge on any atom is -0.422 e. The molecule has 0 saturated heterocycles. The van der Waals surface area contributed by atoms with Gasteiger partial charge in [0.15, 0.2) is 0 Å². The second-order valence-corrected chi connectivity index (χ2v) is 9.56. The molecule has 0 aliphatic carbocycles. The summed E-state index contributed by atoms with van der Waals surface area (Å²) in [6.07, 6.45) is 0. The Balaban J connectivity index is 1.41. The highest BCUT2D eigenvalue weighted by Crippen LogP contribution is 2.39. The van der Waals surface area contributed by atoms with Gasteiger partial charge in [-0.15, -0.1) is 0 Å². The molecule has 0 bridgehead atoms. The highest BCUT2D eigenvalue weighted by Gasteiger charge is 2.16. The molecule has 6 aromatic rings. The van der Waals surface area contributed by atoms with Crippen molar-refractivity contribution in [3.05, 3.63) is 132 Å². The monoisotopic (exact) mass is 510 g/mol. The van der Waals surface area contributed by atoms with E-state index in [1.165, 1.54) is 10.8 Å². The van der Waals surface area contributed by atoms with Crippen molar-refractivity contribution >= 4 is 44.5 Å². The molecule has 0 atom stereocenters. The van der Waals surface area contributed by atoms with Gasteiger partial charge in [0.05, 0.1) is 11.3 Å². The first kappa shape index (κ1) is 24.5. The van der Waals surface area contributed by atoms with Gasteiger partial charge in [0, 0.05) is 47.0 Å². The molecule has 5 aromatic carbocycles. The third-order valence-electron chi connectivity index (χ3n) is 7.31. The lowest BCUT2D eigenvalue weighted by Crippen LogP contribution is -2.21. The van der Waals surface area contributed by atoms with Crippen molar-refractivity contribution in [1.82, 2.24) is 0 Å². The van der Waals surface area contributed by atoms with Gasteiger partial charge in [-0.3, -0.25) is 0 Å². The van der Waals surface area contributed by atoms with Crippen LogP contribution in [0.25, 0.3) is 32.9 Å². The van der Waals surface area contributed by atoms with E-state index in [2.05, 4.69) is 96.4 Å². The van der Waals surface area contributed by atoms with Crippen LogP contribution in [0.4, 0.5) is 22.7 Å². The number of fused-ring (bicyclic) bond motifs is 2. The molecule has 0 aliphatic rings. The van der Waals surface area contributed by atoms with Gasteiger partial charge in [0.2, 0.25) is 0 Å². The highest BCUT2D eigenvalue weighted by atomic mass is 16.4. The van der Waals surface area contributed by atoms with E-state index in [1.54, 1.807) is 0 Å². The third-order valence-corrected chi connectivity index (χ3v) is 7.31. The molecule has 6 rings (SSSR count). The van der Waals surface area contributed by atoms with Gasteiger partial charge in [0.25, 0.3) is 0 Å². The predicted molar refractivity (Wildman–Crippen MR) is 164 cm³/mol. The van der Waals surface area contributed by atoms with Crippen LogP contribution in [0.2, 0.25) is 0 Å². The van der Waals surface area contributed by atoms with E-state index in [1.807, 2.05) is 48.5 Å². The molecule has 1 aromatic heterocycles. The second-order valence-electron chi connectivity index (χ2n) is 9.56. The number of anilines is 4. The summed E-state index contributed by atoms with van der Waals surface area (Å²) < 4.78 is 5.80. The normalized spacial score (nSPS) is 11.1. The Morgan fingerprint density at radius 3 is 2.05 bits per heavy atom. The zero-order chi connectivity index (χ0) is 26.8. The molecule has 192 valence electrons. The fraction of sp³-hybridized carbons (Fsp3) is 0.114. The molecule has 0 radical (unpaired) electrons. The maximum atomic E-state index is 13.1. The average molecular weight is 511 g/mol. The van der Waals surface area contributed by atoms with E-state index in [4.69, 9.17) is 4.42 Å². The van der Waals surface area contributed by atoms with E-state index < -0.39 is 0 Å². The number of benzene rings is 5. The molecular formula is C35H30N2O2. The van der Waals surface area contributed by atoms with E-state index in [-0.39, 0.29) is 5.63 Å². The van der Waals surface area contributed by atoms with Crippen molar-refractivity contribution in [3.8, 4) is 11.1 Å². The van der Waals surface area contributed by atoms with Gasteiger partial charge < -0.3 is 14.2 Å². The summed E-state index contributed by atoms with van der Waals surface area (Å²) in [4.78, 5) is 17.6. The molecule has 0 saturated carbocycles. The fourth-order valence-corrected chi connectivity index (χ4v) is 5.28. The summed E-state index contributed by atoms with van der Waals surface area (Å²) in [5.41, 5.74) is 5.89. The summed E-state index contributed by atoms with van der Waals surface area (Å²) >= 11 is 0. The molecule has 0 fully saturated rings. The molecule has 0 N–H and O–H groups in total. The smallest absolute Gasteiger partial charge is 0.344 e. The van der Waals surface area contributed by atoms with Crippen LogP contribution in [0, 0.1) is 0 Å². The summed E-state index contributed by atoms with van der Waals surface area (Å²) in [6.45, 7) is 6.04. The first-order valence-electron chi connectivity index (χ1n) is 13.4. The van der Waals surface area contributed by atoms with Crippen LogP contribution >= 0.6 is 0 Å². The van der Waals surface area contributed by atoms with Crippen molar-refractivity contribution in [2.24, 2.45) is 0 Å². The largest absolute Gasteiger partial charge is 0.422 e. The number of rotatable bonds is 7. The lowest BCUT2D eigenvalue weighted by Gasteiger charge is -2.27. The zero-order valence-electron chi connectivity index (χ0n) is 22.2. The third kappa shape index (κ3) is 4.66. The van der Waals surface area contributed by atoms with Crippen LogP contribution in [0.5, 0.6) is 0 Å². The first-order valence-corrected chi connectivity index (χ1v) is 13.4. The molecule has 0 unspecified atom stereocenters. The van der Waals surface area contributed by atoms with Crippen LogP contribution in [0.15, 0.2) is 131 Å². The van der Waals surface area contributed by atoms with E-state index in [0.717, 1.165) is 46.8 Å². The number of hydrogen-bond donors (Lipinski definition) is 0. The molecule has 0 aliphatic heterocycles. The van der Waals surface area contributed by atoms with Crippen molar-refractivity contribution < 1.29 is 4.42 Å². The van der Waals surface area contributed by atoms with Gasteiger partial charge in [-0.1, -0.05) is 66.7 Å². The summed E-state index contributed by atoms with van der Waals surface area (Å²) in [6, 6.07) is 41.3. The molecule has 4 nitrogen and oxygen atoms in total. The van der Waals surface area contributed by atoms with Crippen LogP contribution < -0.4 is 15.4 Å². The average Bonchev–Trinajstić information content (AvgIpc) is 2.99. The Morgan fingerprint density at radius 1 is 0.615 bits per heavy atom. The summed E-state index contributed by atoms with van der Waals surface area (Å²) in [5, 5.41) is 3.27. The van der Waals surface area contributed by atoms with Crippen LogP contribution in [-0.4, -0.2) is 13.1 Å². The topological polar surface area (TPSA) is 36.7 Å². The van der Waals surface area contributed by atoms with Gasteiger partial charge in [-0.25, -0.2) is 4.79 Å². The van der Waals surface area contributed by atoms with Crippen molar-refractivity contribution in [2.75, 3.05) is 22.9 Å². The summed E-state index contributed by atoms with van der Waals surface area (Å²) in [5.74, 6) is 0. The van der Waals surface area contributed by atoms with E-state index in [0.29, 0.717) is 11.1 Å². The standard InChI is InChI=1S/C35H30N2O2/c1-3-36(4-2)30-22-19-27-23-32(35(38)39-34(27)24-30)26-17-20-29(21-18-26)37(28-13-6-5-7-14-28)33-16-10-12-25-11-8-9-15-31(25)33/h5-24H,3-4H2,1-2H3. The SMILES string of the molecule is CCN(CC)c1ccc2cc(-c3ccc(N(c4ccccc4)c4cccc5ccccc45)cc3)c(=O)oc2c1. The zero-order valence-corrected chi connectivity index (χ0v) is 22.2. The second kappa shape index (κ2) is 10.5. The molecule has 1 heterocycles. The maximum absolute atomic E-state index is 13.1. The van der Waals surface area contributed by atoms with Gasteiger partial charge >= 0.3 is 5.63 Å². The van der Waals surface area contributed by atoms with Crippen LogP contribution in [0.1, 0.15) is 13.8 Å². The summed E-state index contributed by atoms with van der Waals surface area (Å²) in [7, 11) is 0. The molecule has 4 heteroatoms. The Kier molecular flexibility index (Phi) is 6.60. The Labute approximate surface area is 228 Å². The number of nitrogens with zero attached hydrogens (tertiary/aromatic N) is 2. The molecule has 39 heavy (non-hydrogen) atoms. The minimum atomic E-state index is -0.332. The molecular weight excluding hydrogens is 480 g/mol. The maximum Gasteiger partial charge on any atom is 0.344 e. The predicted octanol–water partition coefficient (Wildman–Crippen LogP) is 8.93. The minimum absolute atomic E-state index is 0.332. The van der Waals surface area contributed by atoms with Gasteiger partial charge in [-0.2, -0.15) is 0 Å². The quantitative estimate of drug-likeness (QED) is 0.201. The van der Waals surface area contributed by atoms with E-state index >= 15 is 0 Å². The van der Waals surface area contributed by atoms with Crippen LogP contribution in [0.3, 0.4) is 0 Å². The Morgan fingerprint density at radius 2 is 1.28 bits per heavy atom. The first-order chi connectivity index (χ1) is 19.2. The molecule has 0 amide bonds. The Bertz CT molecular complexity index is 1800. The van der Waals surface area contributed by atoms with Crippen molar-refractivity contribution in [3.63, 3.8) is 0 Å². The lowest BCUT2D eigenvalue weighted by molar-refractivity contribution is 0.563.